The summed E-state index contributed by atoms with van der Waals surface area (Å²) in [5.74, 6) is 1.59. The first-order valence-electron chi connectivity index (χ1n) is 8.61. The second-order valence-electron chi connectivity index (χ2n) is 7.92. The summed E-state index contributed by atoms with van der Waals surface area (Å²) in [7, 11) is 2.01. The van der Waals surface area contributed by atoms with Gasteiger partial charge < -0.3 is 5.32 Å². The molecule has 120 valence electrons. The van der Waals surface area contributed by atoms with E-state index in [1.807, 2.05) is 17.9 Å². The summed E-state index contributed by atoms with van der Waals surface area (Å²) in [6.07, 6.45) is 10.6. The van der Waals surface area contributed by atoms with Crippen molar-refractivity contribution in [2.45, 2.75) is 65.8 Å². The fourth-order valence-corrected chi connectivity index (χ4v) is 3.75. The van der Waals surface area contributed by atoms with Crippen LogP contribution in [0.4, 0.5) is 0 Å². The highest BCUT2D eigenvalue weighted by Gasteiger charge is 2.35. The molecule has 0 aromatic carbocycles. The molecule has 0 saturated heterocycles. The maximum atomic E-state index is 4.33. The molecule has 1 aromatic heterocycles. The van der Waals surface area contributed by atoms with Crippen LogP contribution < -0.4 is 5.32 Å². The van der Waals surface area contributed by atoms with Crippen LogP contribution in [0.3, 0.4) is 0 Å². The van der Waals surface area contributed by atoms with Crippen LogP contribution in [0.2, 0.25) is 0 Å². The van der Waals surface area contributed by atoms with Crippen LogP contribution >= 0.6 is 0 Å². The van der Waals surface area contributed by atoms with Crippen molar-refractivity contribution in [3.8, 4) is 0 Å². The third-order valence-electron chi connectivity index (χ3n) is 5.12. The highest BCUT2D eigenvalue weighted by Crippen LogP contribution is 2.41. The van der Waals surface area contributed by atoms with E-state index in [2.05, 4.69) is 44.3 Å². The number of hydrogen-bond acceptors (Lipinski definition) is 2. The van der Waals surface area contributed by atoms with Crippen LogP contribution in [0.1, 0.15) is 58.9 Å². The summed E-state index contributed by atoms with van der Waals surface area (Å²) < 4.78 is 1.92. The molecular weight excluding hydrogens is 258 g/mol. The van der Waals surface area contributed by atoms with Crippen molar-refractivity contribution in [3.05, 3.63) is 18.0 Å². The van der Waals surface area contributed by atoms with Crippen LogP contribution in [0.15, 0.2) is 12.4 Å². The molecule has 3 unspecified atom stereocenters. The number of aryl methyl sites for hydroxylation is 1. The highest BCUT2D eigenvalue weighted by molar-refractivity contribution is 5.07. The van der Waals surface area contributed by atoms with Crippen LogP contribution in [-0.4, -0.2) is 22.4 Å². The Kier molecular flexibility index (Phi) is 5.48. The van der Waals surface area contributed by atoms with E-state index in [1.165, 1.54) is 37.7 Å². The van der Waals surface area contributed by atoms with Gasteiger partial charge >= 0.3 is 0 Å². The average molecular weight is 291 g/mol. The predicted octanol–water partition coefficient (Wildman–Crippen LogP) is 3.79. The second-order valence-corrected chi connectivity index (χ2v) is 7.92. The van der Waals surface area contributed by atoms with Gasteiger partial charge in [-0.05, 0) is 61.5 Å². The number of aromatic nitrogens is 2. The van der Waals surface area contributed by atoms with Crippen LogP contribution in [0.5, 0.6) is 0 Å². The van der Waals surface area contributed by atoms with Gasteiger partial charge in [-0.2, -0.15) is 5.10 Å². The number of rotatable bonds is 5. The predicted molar refractivity (Wildman–Crippen MR) is 89.3 cm³/mol. The second kappa shape index (κ2) is 6.95. The van der Waals surface area contributed by atoms with E-state index in [-0.39, 0.29) is 0 Å². The summed E-state index contributed by atoms with van der Waals surface area (Å²) in [4.78, 5) is 0. The first kappa shape index (κ1) is 16.5. The highest BCUT2D eigenvalue weighted by atomic mass is 15.2. The van der Waals surface area contributed by atoms with Gasteiger partial charge in [0.1, 0.15) is 0 Å². The molecule has 21 heavy (non-hydrogen) atoms. The van der Waals surface area contributed by atoms with Gasteiger partial charge in [-0.25, -0.2) is 0 Å². The van der Waals surface area contributed by atoms with E-state index in [0.29, 0.717) is 11.5 Å². The molecule has 0 spiro atoms. The number of nitrogens with zero attached hydrogens (tertiary/aromatic N) is 2. The number of hydrogen-bond donors (Lipinski definition) is 1. The van der Waals surface area contributed by atoms with Gasteiger partial charge in [-0.15, -0.1) is 0 Å². The molecule has 1 aliphatic carbocycles. The molecule has 3 nitrogen and oxygen atoms in total. The Hall–Kier alpha value is -0.830. The molecule has 2 rings (SSSR count). The molecule has 1 heterocycles. The van der Waals surface area contributed by atoms with Crippen molar-refractivity contribution in [2.75, 3.05) is 6.54 Å². The van der Waals surface area contributed by atoms with Gasteiger partial charge in [0.05, 0.1) is 6.20 Å². The third-order valence-corrected chi connectivity index (χ3v) is 5.12. The Bertz CT molecular complexity index is 430. The number of nitrogens with one attached hydrogen (secondary N) is 1. The van der Waals surface area contributed by atoms with E-state index in [9.17, 15) is 0 Å². The minimum Gasteiger partial charge on any atom is -0.314 e. The lowest BCUT2D eigenvalue weighted by Crippen LogP contribution is -2.44. The van der Waals surface area contributed by atoms with E-state index >= 15 is 0 Å². The van der Waals surface area contributed by atoms with Gasteiger partial charge in [-0.3, -0.25) is 4.68 Å². The fraction of sp³-hybridized carbons (Fsp3) is 0.833. The molecule has 1 saturated carbocycles. The lowest BCUT2D eigenvalue weighted by atomic mass is 9.66. The smallest absolute Gasteiger partial charge is 0.0521 e. The summed E-state index contributed by atoms with van der Waals surface area (Å²) in [5, 5.41) is 8.13. The molecule has 0 bridgehead atoms. The SMILES string of the molecule is CCCNC1CCC(C(C)(C)C)CC1Cc1cnn(C)c1. The van der Waals surface area contributed by atoms with Crippen molar-refractivity contribution in [3.63, 3.8) is 0 Å². The van der Waals surface area contributed by atoms with Crippen molar-refractivity contribution < 1.29 is 0 Å². The fourth-order valence-electron chi connectivity index (χ4n) is 3.75. The summed E-state index contributed by atoms with van der Waals surface area (Å²) in [6.45, 7) is 10.6. The first-order valence-corrected chi connectivity index (χ1v) is 8.61. The van der Waals surface area contributed by atoms with Crippen molar-refractivity contribution >= 4 is 0 Å². The zero-order valence-electron chi connectivity index (χ0n) is 14.5. The van der Waals surface area contributed by atoms with Crippen LogP contribution in [0.25, 0.3) is 0 Å². The minimum absolute atomic E-state index is 0.433. The Morgan fingerprint density at radius 1 is 1.33 bits per heavy atom. The summed E-state index contributed by atoms with van der Waals surface area (Å²) in [6, 6.07) is 0.684. The normalized spacial score (nSPS) is 27.0. The maximum Gasteiger partial charge on any atom is 0.0521 e. The summed E-state index contributed by atoms with van der Waals surface area (Å²) in [5.41, 5.74) is 1.82. The molecule has 3 atom stereocenters. The van der Waals surface area contributed by atoms with Gasteiger partial charge in [0.2, 0.25) is 0 Å². The largest absolute Gasteiger partial charge is 0.314 e. The standard InChI is InChI=1S/C18H33N3/c1-6-9-19-17-8-7-16(18(2,3)4)11-15(17)10-14-12-20-21(5)13-14/h12-13,15-17,19H,6-11H2,1-5H3. The zero-order valence-corrected chi connectivity index (χ0v) is 14.5. The zero-order chi connectivity index (χ0) is 15.5. The monoisotopic (exact) mass is 291 g/mol. The molecule has 0 aliphatic heterocycles. The Balaban J connectivity index is 2.05. The van der Waals surface area contributed by atoms with Crippen LogP contribution in [0, 0.1) is 17.3 Å². The van der Waals surface area contributed by atoms with Gasteiger partial charge in [0.15, 0.2) is 0 Å². The maximum absolute atomic E-state index is 4.33. The molecular formula is C18H33N3. The lowest BCUT2D eigenvalue weighted by Gasteiger charge is -2.42. The molecule has 1 aliphatic rings. The average Bonchev–Trinajstić information content (AvgIpc) is 2.81. The molecule has 1 aromatic rings. The molecule has 1 N–H and O–H groups in total. The van der Waals surface area contributed by atoms with E-state index in [0.717, 1.165) is 18.4 Å². The van der Waals surface area contributed by atoms with Gasteiger partial charge in [-0.1, -0.05) is 27.7 Å². The Labute approximate surface area is 130 Å². The van der Waals surface area contributed by atoms with E-state index in [1.54, 1.807) is 0 Å². The summed E-state index contributed by atoms with van der Waals surface area (Å²) >= 11 is 0. The quantitative estimate of drug-likeness (QED) is 0.894. The van der Waals surface area contributed by atoms with Crippen molar-refractivity contribution in [2.24, 2.45) is 24.3 Å². The van der Waals surface area contributed by atoms with Gasteiger partial charge in [0, 0.05) is 19.3 Å². The minimum atomic E-state index is 0.433. The van der Waals surface area contributed by atoms with Crippen molar-refractivity contribution in [1.29, 1.82) is 0 Å². The van der Waals surface area contributed by atoms with E-state index < -0.39 is 0 Å². The lowest BCUT2D eigenvalue weighted by molar-refractivity contribution is 0.114. The molecule has 3 heteroatoms. The Morgan fingerprint density at radius 2 is 2.10 bits per heavy atom. The van der Waals surface area contributed by atoms with E-state index in [4.69, 9.17) is 0 Å². The first-order chi connectivity index (χ1) is 9.90. The van der Waals surface area contributed by atoms with Gasteiger partial charge in [0.25, 0.3) is 0 Å². The molecule has 0 radical (unpaired) electrons. The van der Waals surface area contributed by atoms with Crippen molar-refractivity contribution in [1.82, 2.24) is 15.1 Å². The topological polar surface area (TPSA) is 29.9 Å². The molecule has 0 amide bonds. The Morgan fingerprint density at radius 3 is 2.67 bits per heavy atom. The molecule has 1 fully saturated rings. The van der Waals surface area contributed by atoms with Crippen LogP contribution in [-0.2, 0) is 13.5 Å². The third kappa shape index (κ3) is 4.57.